The average molecular weight is 410 g/mol. The van der Waals surface area contributed by atoms with Gasteiger partial charge in [0.2, 0.25) is 0 Å². The fraction of sp³-hybridized carbons (Fsp3) is 0.400. The first kappa shape index (κ1) is 22.1. The largest absolute Gasteiger partial charge is 0.462 e. The van der Waals surface area contributed by atoms with Crippen molar-refractivity contribution in [1.29, 1.82) is 0 Å². The molecule has 1 fully saturated rings. The second kappa shape index (κ2) is 10.4. The van der Waals surface area contributed by atoms with Crippen molar-refractivity contribution in [1.82, 2.24) is 4.90 Å². The van der Waals surface area contributed by atoms with Crippen LogP contribution in [0.2, 0.25) is 0 Å². The molecular formula is C25H31NO4. The lowest BCUT2D eigenvalue weighted by atomic mass is 9.85. The number of nitrogens with zero attached hydrogens (tertiary/aromatic N) is 1. The lowest BCUT2D eigenvalue weighted by Crippen LogP contribution is -2.42. The summed E-state index contributed by atoms with van der Waals surface area (Å²) >= 11 is 0. The van der Waals surface area contributed by atoms with Gasteiger partial charge in [-0.15, -0.1) is 0 Å². The quantitative estimate of drug-likeness (QED) is 0.462. The first-order valence-corrected chi connectivity index (χ1v) is 10.4. The number of hydrogen-bond donors (Lipinski definition) is 0. The fourth-order valence-electron chi connectivity index (χ4n) is 3.57. The minimum atomic E-state index is -0.414. The highest BCUT2D eigenvalue weighted by Gasteiger charge is 2.38. The molecular weight excluding hydrogens is 378 g/mol. The van der Waals surface area contributed by atoms with Gasteiger partial charge in [0.15, 0.2) is 6.29 Å². The highest BCUT2D eigenvalue weighted by Crippen LogP contribution is 2.35. The van der Waals surface area contributed by atoms with Crippen LogP contribution in [-0.2, 0) is 19.0 Å². The summed E-state index contributed by atoms with van der Waals surface area (Å²) in [5.74, 6) is -0.414. The van der Waals surface area contributed by atoms with Gasteiger partial charge in [-0.25, -0.2) is 4.79 Å². The van der Waals surface area contributed by atoms with E-state index in [9.17, 15) is 4.79 Å². The van der Waals surface area contributed by atoms with Crippen molar-refractivity contribution in [3.8, 4) is 0 Å². The number of benzene rings is 1. The summed E-state index contributed by atoms with van der Waals surface area (Å²) in [6, 6.07) is 8.20. The number of carbonyl (C=O) groups excluding carboxylic acids is 1. The first-order valence-electron chi connectivity index (χ1n) is 10.4. The summed E-state index contributed by atoms with van der Waals surface area (Å²) in [6.07, 6.45) is 13.2. The molecule has 0 radical (unpaired) electrons. The molecule has 0 unspecified atom stereocenters. The Morgan fingerprint density at radius 1 is 1.27 bits per heavy atom. The number of ether oxygens (including phenoxy) is 3. The van der Waals surface area contributed by atoms with E-state index in [2.05, 4.69) is 68.1 Å². The molecule has 2 aliphatic heterocycles. The second-order valence-electron chi connectivity index (χ2n) is 7.98. The Morgan fingerprint density at radius 2 is 2.00 bits per heavy atom. The van der Waals surface area contributed by atoms with Crippen LogP contribution in [0.3, 0.4) is 0 Å². The Hall–Kier alpha value is -2.63. The fourth-order valence-corrected chi connectivity index (χ4v) is 3.57. The molecule has 2 heterocycles. The first-order chi connectivity index (χ1) is 14.5. The van der Waals surface area contributed by atoms with Crippen LogP contribution in [0.25, 0.3) is 6.08 Å². The van der Waals surface area contributed by atoms with E-state index >= 15 is 0 Å². The normalized spacial score (nSPS) is 24.0. The van der Waals surface area contributed by atoms with Gasteiger partial charge < -0.3 is 19.1 Å². The van der Waals surface area contributed by atoms with Gasteiger partial charge in [0.25, 0.3) is 0 Å². The minimum Gasteiger partial charge on any atom is -0.462 e. The molecule has 160 valence electrons. The monoisotopic (exact) mass is 409 g/mol. The van der Waals surface area contributed by atoms with Gasteiger partial charge in [-0.3, -0.25) is 0 Å². The molecule has 5 nitrogen and oxygen atoms in total. The van der Waals surface area contributed by atoms with Crippen LogP contribution in [0.5, 0.6) is 0 Å². The van der Waals surface area contributed by atoms with E-state index < -0.39 is 12.3 Å². The zero-order valence-corrected chi connectivity index (χ0v) is 17.9. The predicted octanol–water partition coefficient (Wildman–Crippen LogP) is 4.65. The zero-order chi connectivity index (χ0) is 21.4. The molecule has 1 saturated heterocycles. The van der Waals surface area contributed by atoms with Crippen LogP contribution in [0.4, 0.5) is 0 Å². The van der Waals surface area contributed by atoms with E-state index in [4.69, 9.17) is 14.2 Å². The van der Waals surface area contributed by atoms with Crippen molar-refractivity contribution in [2.75, 3.05) is 33.4 Å². The SMILES string of the molecule is C=CC(=O)OCC1(CCC)COC(c2ccc(C=CC3=CCN(C)C=C3)cc2)OC1. The molecule has 1 aromatic rings. The molecule has 0 amide bonds. The minimum absolute atomic E-state index is 0.280. The summed E-state index contributed by atoms with van der Waals surface area (Å²) in [5, 5.41) is 0. The lowest BCUT2D eigenvalue weighted by molar-refractivity contribution is -0.244. The van der Waals surface area contributed by atoms with Gasteiger partial charge in [-0.05, 0) is 29.8 Å². The maximum Gasteiger partial charge on any atom is 0.330 e. The number of hydrogen-bond acceptors (Lipinski definition) is 5. The molecule has 0 aromatic heterocycles. The molecule has 0 N–H and O–H groups in total. The van der Waals surface area contributed by atoms with Gasteiger partial charge in [-0.2, -0.15) is 0 Å². The van der Waals surface area contributed by atoms with E-state index in [1.165, 1.54) is 11.6 Å². The predicted molar refractivity (Wildman–Crippen MR) is 118 cm³/mol. The summed E-state index contributed by atoms with van der Waals surface area (Å²) in [5.41, 5.74) is 3.01. The lowest BCUT2D eigenvalue weighted by Gasteiger charge is -2.39. The van der Waals surface area contributed by atoms with E-state index in [1.807, 2.05) is 12.1 Å². The van der Waals surface area contributed by atoms with Crippen molar-refractivity contribution in [2.45, 2.75) is 26.1 Å². The molecule has 3 rings (SSSR count). The van der Waals surface area contributed by atoms with Crippen LogP contribution in [0, 0.1) is 5.41 Å². The van der Waals surface area contributed by atoms with Gasteiger partial charge in [-0.1, -0.05) is 62.4 Å². The Bertz CT molecular complexity index is 814. The Morgan fingerprint density at radius 3 is 2.60 bits per heavy atom. The molecule has 0 bridgehead atoms. The summed E-state index contributed by atoms with van der Waals surface area (Å²) in [7, 11) is 2.06. The molecule has 5 heteroatoms. The second-order valence-corrected chi connectivity index (χ2v) is 7.98. The smallest absolute Gasteiger partial charge is 0.330 e. The van der Waals surface area contributed by atoms with Gasteiger partial charge in [0, 0.05) is 25.2 Å². The maximum absolute atomic E-state index is 11.5. The number of allylic oxidation sites excluding steroid dienone is 3. The van der Waals surface area contributed by atoms with Crippen LogP contribution in [0.1, 0.15) is 37.2 Å². The number of esters is 1. The number of likely N-dealkylation sites (N-methyl/N-ethyl adjacent to an activating group) is 1. The van der Waals surface area contributed by atoms with E-state index in [0.717, 1.165) is 30.5 Å². The summed E-state index contributed by atoms with van der Waals surface area (Å²) < 4.78 is 17.3. The third-order valence-corrected chi connectivity index (χ3v) is 5.36. The van der Waals surface area contributed by atoms with Crippen molar-refractivity contribution in [3.63, 3.8) is 0 Å². The highest BCUT2D eigenvalue weighted by atomic mass is 16.7. The standard InChI is InChI=1S/C25H31NO4/c1-4-14-25(17-28-23(27)5-2)18-29-24(30-19-25)22-10-8-20(9-11-22)6-7-21-12-15-26(3)16-13-21/h5-13,15,24H,2,4,14,16-19H2,1,3H3. The van der Waals surface area contributed by atoms with E-state index in [1.54, 1.807) is 0 Å². The van der Waals surface area contributed by atoms with Crippen molar-refractivity contribution in [3.05, 3.63) is 78.0 Å². The van der Waals surface area contributed by atoms with Gasteiger partial charge in [0.1, 0.15) is 6.61 Å². The molecule has 0 spiro atoms. The molecule has 2 aliphatic rings. The Kier molecular flexibility index (Phi) is 7.66. The number of rotatable bonds is 8. The third-order valence-electron chi connectivity index (χ3n) is 5.36. The maximum atomic E-state index is 11.5. The third kappa shape index (κ3) is 5.94. The van der Waals surface area contributed by atoms with Crippen LogP contribution < -0.4 is 0 Å². The molecule has 30 heavy (non-hydrogen) atoms. The topological polar surface area (TPSA) is 48.0 Å². The summed E-state index contributed by atoms with van der Waals surface area (Å²) in [6.45, 7) is 7.74. The molecule has 1 aromatic carbocycles. The van der Waals surface area contributed by atoms with Crippen molar-refractivity contribution < 1.29 is 19.0 Å². The van der Waals surface area contributed by atoms with Crippen LogP contribution in [-0.4, -0.2) is 44.3 Å². The molecule has 0 aliphatic carbocycles. The van der Waals surface area contributed by atoms with Crippen LogP contribution >= 0.6 is 0 Å². The van der Waals surface area contributed by atoms with E-state index in [-0.39, 0.29) is 12.0 Å². The number of carbonyl (C=O) groups is 1. The van der Waals surface area contributed by atoms with Gasteiger partial charge >= 0.3 is 5.97 Å². The average Bonchev–Trinajstić information content (AvgIpc) is 2.78. The van der Waals surface area contributed by atoms with Crippen LogP contribution in [0.15, 0.2) is 66.9 Å². The van der Waals surface area contributed by atoms with E-state index in [0.29, 0.717) is 13.2 Å². The Balaban J connectivity index is 1.56. The van der Waals surface area contributed by atoms with Crippen molar-refractivity contribution >= 4 is 12.0 Å². The van der Waals surface area contributed by atoms with Crippen molar-refractivity contribution in [2.24, 2.45) is 5.41 Å². The highest BCUT2D eigenvalue weighted by molar-refractivity contribution is 5.81. The summed E-state index contributed by atoms with van der Waals surface area (Å²) in [4.78, 5) is 13.6. The molecule has 0 saturated carbocycles. The molecule has 0 atom stereocenters. The van der Waals surface area contributed by atoms with Gasteiger partial charge in [0.05, 0.1) is 18.6 Å². The zero-order valence-electron chi connectivity index (χ0n) is 17.9. The Labute approximate surface area is 179 Å².